The summed E-state index contributed by atoms with van der Waals surface area (Å²) in [6.07, 6.45) is 4.09. The maximum Gasteiger partial charge on any atom is 0.253 e. The van der Waals surface area contributed by atoms with E-state index < -0.39 is 0 Å². The van der Waals surface area contributed by atoms with Crippen molar-refractivity contribution in [3.05, 3.63) is 69.6 Å². The van der Waals surface area contributed by atoms with Crippen LogP contribution in [0.25, 0.3) is 11.0 Å². The third kappa shape index (κ3) is 3.93. The van der Waals surface area contributed by atoms with Gasteiger partial charge in [-0.2, -0.15) is 0 Å². The predicted molar refractivity (Wildman–Crippen MR) is 140 cm³/mol. The van der Waals surface area contributed by atoms with Crippen LogP contribution in [0.5, 0.6) is 0 Å². The first-order valence-electron chi connectivity index (χ1n) is 12.8. The summed E-state index contributed by atoms with van der Waals surface area (Å²) in [6.45, 7) is 8.26. The molecule has 2 fully saturated rings. The fraction of sp³-hybridized carbons (Fsp3) is 0.448. The summed E-state index contributed by atoms with van der Waals surface area (Å²) < 4.78 is 1.63. The first kappa shape index (κ1) is 22.3. The van der Waals surface area contributed by atoms with Crippen LogP contribution in [0.15, 0.2) is 47.4 Å². The minimum absolute atomic E-state index is 0.0148. The first-order valence-corrected chi connectivity index (χ1v) is 12.8. The lowest BCUT2D eigenvalue weighted by Gasteiger charge is -2.43. The summed E-state index contributed by atoms with van der Waals surface area (Å²) in [5.41, 5.74) is 5.63. The molecule has 0 spiro atoms. The zero-order valence-corrected chi connectivity index (χ0v) is 20.8. The van der Waals surface area contributed by atoms with Gasteiger partial charge in [0, 0.05) is 74.4 Å². The fourth-order valence-corrected chi connectivity index (χ4v) is 6.15. The van der Waals surface area contributed by atoms with Crippen LogP contribution in [0.2, 0.25) is 0 Å². The van der Waals surface area contributed by atoms with E-state index in [1.165, 1.54) is 17.5 Å². The van der Waals surface area contributed by atoms with E-state index in [1.807, 2.05) is 6.07 Å². The zero-order chi connectivity index (χ0) is 24.1. The molecule has 6 rings (SSSR count). The Labute approximate surface area is 207 Å². The molecule has 1 unspecified atom stereocenters. The predicted octanol–water partition coefficient (Wildman–Crippen LogP) is 3.44. The topological polar surface area (TPSA) is 53.4 Å². The number of benzene rings is 1. The van der Waals surface area contributed by atoms with Crippen molar-refractivity contribution in [2.24, 2.45) is 13.0 Å². The third-order valence-corrected chi connectivity index (χ3v) is 8.15. The minimum Gasteiger partial charge on any atom is -0.367 e. The van der Waals surface area contributed by atoms with E-state index in [9.17, 15) is 4.79 Å². The average molecular weight is 468 g/mol. The Bertz CT molecular complexity index is 1400. The van der Waals surface area contributed by atoms with Crippen molar-refractivity contribution < 1.29 is 0 Å². The molecule has 3 aromatic rings. The maximum absolute atomic E-state index is 12.7. The largest absolute Gasteiger partial charge is 0.367 e. The number of pyridine rings is 2. The van der Waals surface area contributed by atoms with E-state index in [-0.39, 0.29) is 5.56 Å². The van der Waals surface area contributed by atoms with Gasteiger partial charge in [-0.1, -0.05) is 24.8 Å². The van der Waals surface area contributed by atoms with Gasteiger partial charge < -0.3 is 10.2 Å². The number of hydrogen-bond donors (Lipinski definition) is 1. The molecular formula is C29H33N5O. The van der Waals surface area contributed by atoms with E-state index in [0.717, 1.165) is 54.9 Å². The molecule has 3 aliphatic heterocycles. The molecule has 0 saturated carbocycles. The molecular weight excluding hydrogens is 434 g/mol. The third-order valence-electron chi connectivity index (χ3n) is 8.15. The van der Waals surface area contributed by atoms with Gasteiger partial charge in [0.1, 0.15) is 5.65 Å². The summed E-state index contributed by atoms with van der Waals surface area (Å²) in [7, 11) is 1.79. The number of aromatic nitrogens is 2. The Morgan fingerprint density at radius 3 is 2.91 bits per heavy atom. The lowest BCUT2D eigenvalue weighted by molar-refractivity contribution is 0.134. The quantitative estimate of drug-likeness (QED) is 0.586. The van der Waals surface area contributed by atoms with Crippen molar-refractivity contribution in [2.45, 2.75) is 51.4 Å². The van der Waals surface area contributed by atoms with Crippen LogP contribution in [0.4, 0.5) is 5.69 Å². The molecule has 4 atom stereocenters. The highest BCUT2D eigenvalue weighted by atomic mass is 16.1. The van der Waals surface area contributed by atoms with E-state index >= 15 is 0 Å². The molecule has 1 N–H and O–H groups in total. The van der Waals surface area contributed by atoms with Gasteiger partial charge in [-0.3, -0.25) is 14.3 Å². The number of nitrogens with one attached hydrogen (secondary N) is 1. The Balaban J connectivity index is 1.28. The van der Waals surface area contributed by atoms with Crippen LogP contribution in [0.3, 0.4) is 0 Å². The van der Waals surface area contributed by atoms with Gasteiger partial charge in [0.25, 0.3) is 5.56 Å². The highest BCUT2D eigenvalue weighted by molar-refractivity contribution is 5.89. The summed E-state index contributed by atoms with van der Waals surface area (Å²) in [5, 5.41) is 4.60. The molecule has 5 heterocycles. The Morgan fingerprint density at radius 1 is 1.20 bits per heavy atom. The van der Waals surface area contributed by atoms with E-state index in [4.69, 9.17) is 0 Å². The molecule has 2 aromatic heterocycles. The Kier molecular flexibility index (Phi) is 5.63. The fourth-order valence-electron chi connectivity index (χ4n) is 6.15. The molecule has 0 amide bonds. The van der Waals surface area contributed by atoms with Crippen LogP contribution in [0, 0.1) is 17.8 Å². The molecule has 6 heteroatoms. The number of hydrogen-bond acceptors (Lipinski definition) is 5. The Hall–Kier alpha value is -3.14. The molecule has 2 saturated heterocycles. The maximum atomic E-state index is 12.7. The van der Waals surface area contributed by atoms with E-state index in [1.54, 1.807) is 23.9 Å². The average Bonchev–Trinajstić information content (AvgIpc) is 3.49. The second-order valence-electron chi connectivity index (χ2n) is 10.4. The molecule has 0 aliphatic carbocycles. The van der Waals surface area contributed by atoms with Gasteiger partial charge in [-0.25, -0.2) is 4.98 Å². The van der Waals surface area contributed by atoms with Gasteiger partial charge >= 0.3 is 0 Å². The number of aryl methyl sites for hydroxylation is 1. The van der Waals surface area contributed by atoms with Gasteiger partial charge in [0.2, 0.25) is 0 Å². The van der Waals surface area contributed by atoms with Crippen LogP contribution in [0.1, 0.15) is 49.4 Å². The zero-order valence-electron chi connectivity index (χ0n) is 20.8. The van der Waals surface area contributed by atoms with Gasteiger partial charge in [0.15, 0.2) is 0 Å². The molecule has 1 aromatic carbocycles. The van der Waals surface area contributed by atoms with Crippen molar-refractivity contribution >= 4 is 16.7 Å². The lowest BCUT2D eigenvalue weighted by atomic mass is 9.99. The van der Waals surface area contributed by atoms with Crippen LogP contribution in [-0.2, 0) is 13.6 Å². The Morgan fingerprint density at radius 2 is 2.09 bits per heavy atom. The number of nitrogens with zero attached hydrogens (tertiary/aromatic N) is 4. The second kappa shape index (κ2) is 8.82. The minimum atomic E-state index is -0.0148. The number of rotatable bonds is 2. The molecule has 180 valence electrons. The van der Waals surface area contributed by atoms with E-state index in [0.29, 0.717) is 24.0 Å². The normalized spacial score (nSPS) is 25.9. The molecule has 35 heavy (non-hydrogen) atoms. The van der Waals surface area contributed by atoms with Gasteiger partial charge in [-0.05, 0) is 55.2 Å². The molecule has 0 radical (unpaired) electrons. The van der Waals surface area contributed by atoms with Crippen LogP contribution >= 0.6 is 0 Å². The number of anilines is 1. The van der Waals surface area contributed by atoms with Gasteiger partial charge in [0.05, 0.1) is 11.7 Å². The van der Waals surface area contributed by atoms with Crippen molar-refractivity contribution in [3.8, 4) is 11.8 Å². The van der Waals surface area contributed by atoms with Crippen molar-refractivity contribution in [3.63, 3.8) is 0 Å². The molecule has 6 nitrogen and oxygen atoms in total. The number of fused-ring (bicyclic) bond motifs is 4. The molecule has 0 bridgehead atoms. The second-order valence-corrected chi connectivity index (χ2v) is 10.4. The first-order chi connectivity index (χ1) is 17.0. The summed E-state index contributed by atoms with van der Waals surface area (Å²) >= 11 is 0. The smallest absolute Gasteiger partial charge is 0.253 e. The lowest BCUT2D eigenvalue weighted by Crippen LogP contribution is -2.51. The van der Waals surface area contributed by atoms with Gasteiger partial charge in [-0.15, -0.1) is 0 Å². The highest BCUT2D eigenvalue weighted by Gasteiger charge is 2.39. The van der Waals surface area contributed by atoms with Crippen molar-refractivity contribution in [1.29, 1.82) is 0 Å². The highest BCUT2D eigenvalue weighted by Crippen LogP contribution is 2.40. The summed E-state index contributed by atoms with van der Waals surface area (Å²) in [6, 6.07) is 13.9. The van der Waals surface area contributed by atoms with Crippen molar-refractivity contribution in [2.75, 3.05) is 24.5 Å². The summed E-state index contributed by atoms with van der Waals surface area (Å²) in [4.78, 5) is 22.2. The standard InChI is InChI=1S/C29H33N5O/c1-4-23-13-21(15-31-23)8-7-20-9-10-24-22(12-20)17-34-19(2)16-33(18-27(24)34)26-14-28(35)32(3)29-25(26)6-5-11-30-29/h5-6,9-12,14,19,21,23,27,31H,4,13,15-18H2,1-3H3/t19-,21?,23-,27-/m1/s1. The van der Waals surface area contributed by atoms with E-state index in [2.05, 4.69) is 70.1 Å². The number of piperazine rings is 1. The SMILES string of the molecule is CC[C@@H]1CC(C#Cc2ccc3c(c2)CN2[C@H](C)CN(c4cc(=O)n(C)c5ncccc45)C[C@H]32)CN1. The monoisotopic (exact) mass is 467 g/mol. The van der Waals surface area contributed by atoms with Crippen LogP contribution < -0.4 is 15.8 Å². The van der Waals surface area contributed by atoms with Crippen LogP contribution in [-0.4, -0.2) is 46.2 Å². The van der Waals surface area contributed by atoms with Crippen molar-refractivity contribution in [1.82, 2.24) is 19.8 Å². The molecule has 3 aliphatic rings. The summed E-state index contributed by atoms with van der Waals surface area (Å²) in [5.74, 6) is 7.42.